The Morgan fingerprint density at radius 1 is 1.37 bits per heavy atom. The van der Waals surface area contributed by atoms with Crippen LogP contribution in [0.5, 0.6) is 0 Å². The SMILES string of the molecule is CN(C)CCn1cncc1-c1cccc2c1NCC2. The van der Waals surface area contributed by atoms with Crippen LogP contribution in [0.4, 0.5) is 5.69 Å². The lowest BCUT2D eigenvalue weighted by atomic mass is 10.1. The Labute approximate surface area is 114 Å². The Bertz CT molecular complexity index is 571. The lowest BCUT2D eigenvalue weighted by Crippen LogP contribution is -2.18. The van der Waals surface area contributed by atoms with Gasteiger partial charge in [0.2, 0.25) is 0 Å². The maximum Gasteiger partial charge on any atom is 0.0951 e. The predicted octanol–water partition coefficient (Wildman–Crippen LogP) is 2.08. The average Bonchev–Trinajstić information content (AvgIpc) is 3.04. The fourth-order valence-corrected chi connectivity index (χ4v) is 2.58. The Hall–Kier alpha value is -1.81. The third kappa shape index (κ3) is 2.36. The molecule has 0 saturated heterocycles. The molecule has 0 atom stereocenters. The maximum atomic E-state index is 4.32. The molecule has 0 fully saturated rings. The zero-order chi connectivity index (χ0) is 13.2. The van der Waals surface area contributed by atoms with E-state index in [-0.39, 0.29) is 0 Å². The summed E-state index contributed by atoms with van der Waals surface area (Å²) in [5.74, 6) is 0. The summed E-state index contributed by atoms with van der Waals surface area (Å²) in [7, 11) is 4.19. The Balaban J connectivity index is 1.95. The molecule has 1 aliphatic heterocycles. The van der Waals surface area contributed by atoms with Crippen molar-refractivity contribution >= 4 is 5.69 Å². The Kier molecular flexibility index (Phi) is 3.25. The van der Waals surface area contributed by atoms with Crippen LogP contribution in [0.3, 0.4) is 0 Å². The van der Waals surface area contributed by atoms with Gasteiger partial charge in [-0.3, -0.25) is 0 Å². The van der Waals surface area contributed by atoms with Crippen LogP contribution in [0.2, 0.25) is 0 Å². The molecule has 1 aromatic carbocycles. The minimum atomic E-state index is 0.964. The summed E-state index contributed by atoms with van der Waals surface area (Å²) in [6.07, 6.45) is 5.01. The van der Waals surface area contributed by atoms with Crippen LogP contribution in [-0.2, 0) is 13.0 Å². The van der Waals surface area contributed by atoms with E-state index < -0.39 is 0 Å². The van der Waals surface area contributed by atoms with Crippen molar-refractivity contribution < 1.29 is 0 Å². The first-order valence-corrected chi connectivity index (χ1v) is 6.76. The van der Waals surface area contributed by atoms with Gasteiger partial charge in [-0.25, -0.2) is 4.98 Å². The number of nitrogens with one attached hydrogen (secondary N) is 1. The van der Waals surface area contributed by atoms with Crippen LogP contribution >= 0.6 is 0 Å². The smallest absolute Gasteiger partial charge is 0.0951 e. The standard InChI is InChI=1S/C15H20N4/c1-18(2)8-9-19-11-16-10-14(19)13-5-3-4-12-6-7-17-15(12)13/h3-5,10-11,17H,6-9H2,1-2H3. The maximum absolute atomic E-state index is 4.32. The molecular weight excluding hydrogens is 236 g/mol. The van der Waals surface area contributed by atoms with Crippen molar-refractivity contribution in [2.45, 2.75) is 13.0 Å². The summed E-state index contributed by atoms with van der Waals surface area (Å²) < 4.78 is 2.23. The third-order valence-electron chi connectivity index (χ3n) is 3.62. The highest BCUT2D eigenvalue weighted by Gasteiger charge is 2.16. The van der Waals surface area contributed by atoms with E-state index in [2.05, 4.69) is 52.1 Å². The molecule has 0 saturated carbocycles. The number of fused-ring (bicyclic) bond motifs is 1. The second kappa shape index (κ2) is 5.05. The van der Waals surface area contributed by atoms with Crippen molar-refractivity contribution in [3.05, 3.63) is 36.3 Å². The minimum absolute atomic E-state index is 0.964. The molecule has 0 unspecified atom stereocenters. The predicted molar refractivity (Wildman–Crippen MR) is 78.4 cm³/mol. The van der Waals surface area contributed by atoms with Gasteiger partial charge in [0.25, 0.3) is 0 Å². The van der Waals surface area contributed by atoms with Gasteiger partial charge < -0.3 is 14.8 Å². The van der Waals surface area contributed by atoms with E-state index in [0.29, 0.717) is 0 Å². The van der Waals surface area contributed by atoms with Crippen LogP contribution in [0.25, 0.3) is 11.3 Å². The number of hydrogen-bond acceptors (Lipinski definition) is 3. The Morgan fingerprint density at radius 3 is 3.11 bits per heavy atom. The molecule has 0 amide bonds. The molecule has 1 aliphatic rings. The van der Waals surface area contributed by atoms with E-state index in [1.807, 2.05) is 12.5 Å². The average molecular weight is 256 g/mol. The zero-order valence-electron chi connectivity index (χ0n) is 11.6. The summed E-state index contributed by atoms with van der Waals surface area (Å²) in [5.41, 5.74) is 5.17. The van der Waals surface area contributed by atoms with E-state index in [0.717, 1.165) is 26.1 Å². The van der Waals surface area contributed by atoms with Crippen LogP contribution < -0.4 is 5.32 Å². The number of likely N-dealkylation sites (N-methyl/N-ethyl adjacent to an activating group) is 1. The van der Waals surface area contributed by atoms with Gasteiger partial charge >= 0.3 is 0 Å². The number of anilines is 1. The number of nitrogens with zero attached hydrogens (tertiary/aromatic N) is 3. The third-order valence-corrected chi connectivity index (χ3v) is 3.62. The molecule has 2 heterocycles. The molecule has 0 aliphatic carbocycles. The topological polar surface area (TPSA) is 33.1 Å². The minimum Gasteiger partial charge on any atom is -0.384 e. The van der Waals surface area contributed by atoms with Crippen molar-refractivity contribution in [3.63, 3.8) is 0 Å². The fourth-order valence-electron chi connectivity index (χ4n) is 2.58. The number of aromatic nitrogens is 2. The highest BCUT2D eigenvalue weighted by Crippen LogP contribution is 2.34. The van der Waals surface area contributed by atoms with Gasteiger partial charge in [-0.2, -0.15) is 0 Å². The molecule has 0 spiro atoms. The normalized spacial score (nSPS) is 13.6. The molecule has 100 valence electrons. The number of rotatable bonds is 4. The van der Waals surface area contributed by atoms with Crippen LogP contribution in [0.15, 0.2) is 30.7 Å². The van der Waals surface area contributed by atoms with Crippen molar-refractivity contribution in [1.82, 2.24) is 14.5 Å². The van der Waals surface area contributed by atoms with Crippen molar-refractivity contribution in [2.24, 2.45) is 0 Å². The van der Waals surface area contributed by atoms with Gasteiger partial charge in [0, 0.05) is 30.9 Å². The number of imidazole rings is 1. The second-order valence-corrected chi connectivity index (χ2v) is 5.29. The quantitative estimate of drug-likeness (QED) is 0.909. The van der Waals surface area contributed by atoms with Gasteiger partial charge in [-0.05, 0) is 26.1 Å². The first-order valence-electron chi connectivity index (χ1n) is 6.76. The van der Waals surface area contributed by atoms with Crippen LogP contribution in [0, 0.1) is 0 Å². The number of hydrogen-bond donors (Lipinski definition) is 1. The monoisotopic (exact) mass is 256 g/mol. The van der Waals surface area contributed by atoms with Gasteiger partial charge in [-0.1, -0.05) is 18.2 Å². The molecule has 4 heteroatoms. The van der Waals surface area contributed by atoms with Crippen molar-refractivity contribution in [1.29, 1.82) is 0 Å². The second-order valence-electron chi connectivity index (χ2n) is 5.29. The molecule has 1 N–H and O–H groups in total. The van der Waals surface area contributed by atoms with Crippen LogP contribution in [-0.4, -0.2) is 41.6 Å². The van der Waals surface area contributed by atoms with E-state index in [1.165, 1.54) is 22.5 Å². The van der Waals surface area contributed by atoms with Gasteiger partial charge in [0.15, 0.2) is 0 Å². The number of benzene rings is 1. The lowest BCUT2D eigenvalue weighted by Gasteiger charge is -2.14. The molecule has 0 bridgehead atoms. The molecule has 2 aromatic rings. The van der Waals surface area contributed by atoms with Crippen molar-refractivity contribution in [3.8, 4) is 11.3 Å². The summed E-state index contributed by atoms with van der Waals surface area (Å²) in [5, 5.41) is 3.50. The highest BCUT2D eigenvalue weighted by molar-refractivity contribution is 5.79. The molecule has 0 radical (unpaired) electrons. The largest absolute Gasteiger partial charge is 0.384 e. The summed E-state index contributed by atoms with van der Waals surface area (Å²) in [6.45, 7) is 3.02. The summed E-state index contributed by atoms with van der Waals surface area (Å²) >= 11 is 0. The highest BCUT2D eigenvalue weighted by atomic mass is 15.1. The van der Waals surface area contributed by atoms with E-state index in [4.69, 9.17) is 0 Å². The first kappa shape index (κ1) is 12.2. The first-order chi connectivity index (χ1) is 9.25. The summed E-state index contributed by atoms with van der Waals surface area (Å²) in [6, 6.07) is 6.53. The van der Waals surface area contributed by atoms with E-state index >= 15 is 0 Å². The lowest BCUT2D eigenvalue weighted by molar-refractivity contribution is 0.385. The molecule has 3 rings (SSSR count). The van der Waals surface area contributed by atoms with Crippen LogP contribution in [0.1, 0.15) is 5.56 Å². The van der Waals surface area contributed by atoms with Gasteiger partial charge in [0.1, 0.15) is 0 Å². The molecule has 1 aromatic heterocycles. The van der Waals surface area contributed by atoms with E-state index in [9.17, 15) is 0 Å². The fraction of sp³-hybridized carbons (Fsp3) is 0.400. The molecule has 4 nitrogen and oxygen atoms in total. The zero-order valence-corrected chi connectivity index (χ0v) is 11.6. The number of para-hydroxylation sites is 1. The Morgan fingerprint density at radius 2 is 2.26 bits per heavy atom. The van der Waals surface area contributed by atoms with Crippen molar-refractivity contribution in [2.75, 3.05) is 32.5 Å². The summed E-state index contributed by atoms with van der Waals surface area (Å²) in [4.78, 5) is 6.51. The van der Waals surface area contributed by atoms with Gasteiger partial charge in [0.05, 0.1) is 18.2 Å². The van der Waals surface area contributed by atoms with Gasteiger partial charge in [-0.15, -0.1) is 0 Å². The molecular formula is C15H20N4. The molecule has 19 heavy (non-hydrogen) atoms. The van der Waals surface area contributed by atoms with E-state index in [1.54, 1.807) is 0 Å².